The number of rotatable bonds is 4. The van der Waals surface area contributed by atoms with Crippen LogP contribution in [0.25, 0.3) is 0 Å². The normalized spacial score (nSPS) is 19.5. The molecule has 1 aliphatic rings. The van der Waals surface area contributed by atoms with Crippen molar-refractivity contribution >= 4 is 11.6 Å². The summed E-state index contributed by atoms with van der Waals surface area (Å²) in [7, 11) is 0. The van der Waals surface area contributed by atoms with E-state index in [4.69, 9.17) is 5.73 Å². The molecule has 1 heterocycles. The molecule has 4 heteroatoms. The highest BCUT2D eigenvalue weighted by Gasteiger charge is 2.20. The van der Waals surface area contributed by atoms with Crippen molar-refractivity contribution in [3.8, 4) is 0 Å². The summed E-state index contributed by atoms with van der Waals surface area (Å²) in [4.78, 5) is 12.0. The standard InChI is InChI=1S/C14H21N3O/c15-9-8-11-4-6-12(7-5-11)17-14(18)13-3-1-2-10-16-13/h4-7,13,16H,1-3,8-10,15H2,(H,17,18). The lowest BCUT2D eigenvalue weighted by atomic mass is 10.0. The van der Waals surface area contributed by atoms with Gasteiger partial charge in [0.15, 0.2) is 0 Å². The molecule has 1 saturated heterocycles. The summed E-state index contributed by atoms with van der Waals surface area (Å²) in [6, 6.07) is 7.85. The van der Waals surface area contributed by atoms with Crippen LogP contribution in [0.3, 0.4) is 0 Å². The number of hydrogen-bond donors (Lipinski definition) is 3. The molecule has 18 heavy (non-hydrogen) atoms. The van der Waals surface area contributed by atoms with Gasteiger partial charge in [0.2, 0.25) is 5.91 Å². The fraction of sp³-hybridized carbons (Fsp3) is 0.500. The molecule has 1 aromatic carbocycles. The van der Waals surface area contributed by atoms with Gasteiger partial charge in [0.1, 0.15) is 0 Å². The molecule has 2 rings (SSSR count). The van der Waals surface area contributed by atoms with Crippen molar-refractivity contribution in [3.63, 3.8) is 0 Å². The maximum absolute atomic E-state index is 12.0. The van der Waals surface area contributed by atoms with E-state index < -0.39 is 0 Å². The molecular weight excluding hydrogens is 226 g/mol. The number of carbonyl (C=O) groups excluding carboxylic acids is 1. The van der Waals surface area contributed by atoms with Gasteiger partial charge in [-0.05, 0) is 50.0 Å². The van der Waals surface area contributed by atoms with Gasteiger partial charge in [0.05, 0.1) is 6.04 Å². The van der Waals surface area contributed by atoms with Crippen LogP contribution >= 0.6 is 0 Å². The summed E-state index contributed by atoms with van der Waals surface area (Å²) < 4.78 is 0. The van der Waals surface area contributed by atoms with Crippen molar-refractivity contribution in [3.05, 3.63) is 29.8 Å². The van der Waals surface area contributed by atoms with Gasteiger partial charge >= 0.3 is 0 Å². The van der Waals surface area contributed by atoms with Crippen molar-refractivity contribution < 1.29 is 4.79 Å². The number of hydrogen-bond acceptors (Lipinski definition) is 3. The molecule has 0 radical (unpaired) electrons. The molecule has 1 fully saturated rings. The van der Waals surface area contributed by atoms with Crippen LogP contribution in [0.15, 0.2) is 24.3 Å². The molecule has 0 saturated carbocycles. The Morgan fingerprint density at radius 3 is 2.72 bits per heavy atom. The molecule has 0 bridgehead atoms. The Hall–Kier alpha value is -1.39. The largest absolute Gasteiger partial charge is 0.330 e. The van der Waals surface area contributed by atoms with Crippen LogP contribution in [-0.2, 0) is 11.2 Å². The van der Waals surface area contributed by atoms with Crippen LogP contribution in [0.1, 0.15) is 24.8 Å². The zero-order valence-corrected chi connectivity index (χ0v) is 10.6. The lowest BCUT2D eigenvalue weighted by Crippen LogP contribution is -2.43. The van der Waals surface area contributed by atoms with Gasteiger partial charge in [-0.3, -0.25) is 4.79 Å². The van der Waals surface area contributed by atoms with E-state index in [0.29, 0.717) is 6.54 Å². The second-order valence-electron chi connectivity index (χ2n) is 4.73. The zero-order valence-electron chi connectivity index (χ0n) is 10.6. The van der Waals surface area contributed by atoms with Gasteiger partial charge < -0.3 is 16.4 Å². The second-order valence-corrected chi connectivity index (χ2v) is 4.73. The monoisotopic (exact) mass is 247 g/mol. The Bertz CT molecular complexity index is 383. The molecule has 0 aliphatic carbocycles. The summed E-state index contributed by atoms with van der Waals surface area (Å²) in [5, 5.41) is 6.19. The predicted octanol–water partition coefficient (Wildman–Crippen LogP) is 1.27. The van der Waals surface area contributed by atoms with E-state index in [-0.39, 0.29) is 11.9 Å². The SMILES string of the molecule is NCCc1ccc(NC(=O)C2CCCCN2)cc1. The number of anilines is 1. The van der Waals surface area contributed by atoms with Crippen LogP contribution in [0, 0.1) is 0 Å². The highest BCUT2D eigenvalue weighted by Crippen LogP contribution is 2.13. The summed E-state index contributed by atoms with van der Waals surface area (Å²) >= 11 is 0. The molecule has 1 aromatic rings. The number of amides is 1. The van der Waals surface area contributed by atoms with Crippen LogP contribution in [0.2, 0.25) is 0 Å². The Morgan fingerprint density at radius 2 is 2.11 bits per heavy atom. The maximum Gasteiger partial charge on any atom is 0.241 e. The fourth-order valence-electron chi connectivity index (χ4n) is 2.23. The maximum atomic E-state index is 12.0. The Balaban J connectivity index is 1.89. The number of nitrogens with one attached hydrogen (secondary N) is 2. The van der Waals surface area contributed by atoms with E-state index in [2.05, 4.69) is 10.6 Å². The summed E-state index contributed by atoms with van der Waals surface area (Å²) in [6.07, 6.45) is 4.09. The third kappa shape index (κ3) is 3.55. The van der Waals surface area contributed by atoms with Gasteiger partial charge in [-0.2, -0.15) is 0 Å². The lowest BCUT2D eigenvalue weighted by Gasteiger charge is -2.22. The van der Waals surface area contributed by atoms with Gasteiger partial charge in [0, 0.05) is 5.69 Å². The van der Waals surface area contributed by atoms with Gasteiger partial charge in [-0.1, -0.05) is 18.6 Å². The number of benzene rings is 1. The molecule has 1 unspecified atom stereocenters. The molecule has 1 atom stereocenters. The molecule has 4 nitrogen and oxygen atoms in total. The number of carbonyl (C=O) groups is 1. The van der Waals surface area contributed by atoms with E-state index in [1.807, 2.05) is 24.3 Å². The van der Waals surface area contributed by atoms with Crippen molar-refractivity contribution in [2.45, 2.75) is 31.7 Å². The molecule has 98 valence electrons. The average molecular weight is 247 g/mol. The van der Waals surface area contributed by atoms with E-state index in [9.17, 15) is 4.79 Å². The Morgan fingerprint density at radius 1 is 1.33 bits per heavy atom. The third-order valence-corrected chi connectivity index (χ3v) is 3.28. The van der Waals surface area contributed by atoms with Crippen LogP contribution in [-0.4, -0.2) is 25.0 Å². The molecule has 1 amide bonds. The van der Waals surface area contributed by atoms with Gasteiger partial charge in [-0.15, -0.1) is 0 Å². The summed E-state index contributed by atoms with van der Waals surface area (Å²) in [5.41, 5.74) is 7.55. The number of nitrogens with two attached hydrogens (primary N) is 1. The highest BCUT2D eigenvalue weighted by molar-refractivity contribution is 5.94. The Labute approximate surface area is 108 Å². The van der Waals surface area contributed by atoms with E-state index in [0.717, 1.165) is 37.9 Å². The average Bonchev–Trinajstić information content (AvgIpc) is 2.42. The Kier molecular flexibility index (Phi) is 4.73. The van der Waals surface area contributed by atoms with Crippen molar-refractivity contribution in [1.29, 1.82) is 0 Å². The van der Waals surface area contributed by atoms with Crippen molar-refractivity contribution in [2.24, 2.45) is 5.73 Å². The molecule has 1 aliphatic heterocycles. The quantitative estimate of drug-likeness (QED) is 0.750. The molecular formula is C14H21N3O. The van der Waals surface area contributed by atoms with Crippen molar-refractivity contribution in [1.82, 2.24) is 5.32 Å². The molecule has 0 aromatic heterocycles. The minimum Gasteiger partial charge on any atom is -0.330 e. The molecule has 0 spiro atoms. The summed E-state index contributed by atoms with van der Waals surface area (Å²) in [6.45, 7) is 1.59. The first-order chi connectivity index (χ1) is 8.79. The topological polar surface area (TPSA) is 67.1 Å². The minimum atomic E-state index is -0.0394. The van der Waals surface area contributed by atoms with Crippen LogP contribution in [0.5, 0.6) is 0 Å². The minimum absolute atomic E-state index is 0.0394. The summed E-state index contributed by atoms with van der Waals surface area (Å²) in [5.74, 6) is 0.0706. The van der Waals surface area contributed by atoms with E-state index in [1.54, 1.807) is 0 Å². The van der Waals surface area contributed by atoms with Crippen LogP contribution < -0.4 is 16.4 Å². The first-order valence-corrected chi connectivity index (χ1v) is 6.63. The number of piperidine rings is 1. The van der Waals surface area contributed by atoms with E-state index in [1.165, 1.54) is 5.56 Å². The first-order valence-electron chi connectivity index (χ1n) is 6.63. The fourth-order valence-corrected chi connectivity index (χ4v) is 2.23. The van der Waals surface area contributed by atoms with Crippen LogP contribution in [0.4, 0.5) is 5.69 Å². The zero-order chi connectivity index (χ0) is 12.8. The third-order valence-electron chi connectivity index (χ3n) is 3.28. The first kappa shape index (κ1) is 13.1. The predicted molar refractivity (Wildman–Crippen MR) is 73.5 cm³/mol. The lowest BCUT2D eigenvalue weighted by molar-refractivity contribution is -0.118. The van der Waals surface area contributed by atoms with Crippen molar-refractivity contribution in [2.75, 3.05) is 18.4 Å². The van der Waals surface area contributed by atoms with Gasteiger partial charge in [0.25, 0.3) is 0 Å². The molecule has 4 N–H and O–H groups in total. The highest BCUT2D eigenvalue weighted by atomic mass is 16.2. The second kappa shape index (κ2) is 6.52. The van der Waals surface area contributed by atoms with E-state index >= 15 is 0 Å². The van der Waals surface area contributed by atoms with Gasteiger partial charge in [-0.25, -0.2) is 0 Å². The smallest absolute Gasteiger partial charge is 0.241 e.